The number of hydrogen-bond acceptors (Lipinski definition) is 2. The molecule has 0 aliphatic heterocycles. The number of pyridine rings is 1. The zero-order chi connectivity index (χ0) is 58.4. The fourth-order valence-corrected chi connectivity index (χ4v) is 8.48. The van der Waals surface area contributed by atoms with Crippen LogP contribution in [0, 0.1) is 11.3 Å². The van der Waals surface area contributed by atoms with Crippen molar-refractivity contribution in [2.24, 2.45) is 0 Å². The highest BCUT2D eigenvalue weighted by Gasteiger charge is 2.47. The normalized spacial score (nSPS) is 13.2. The van der Waals surface area contributed by atoms with Gasteiger partial charge in [-0.3, -0.25) is 0 Å². The molecule has 0 aliphatic rings. The zero-order valence-electron chi connectivity index (χ0n) is 38.1. The molecule has 78 heavy (non-hydrogen) atoms. The van der Waals surface area contributed by atoms with Gasteiger partial charge < -0.3 is 4.74 Å². The molecule has 0 amide bonds. The Balaban J connectivity index is 0.000000387. The van der Waals surface area contributed by atoms with Crippen LogP contribution in [0.1, 0.15) is 50.1 Å². The van der Waals surface area contributed by atoms with E-state index in [-0.39, 0.29) is 6.61 Å². The predicted molar refractivity (Wildman–Crippen MR) is 231 cm³/mol. The van der Waals surface area contributed by atoms with E-state index in [0.717, 1.165) is 10.9 Å². The van der Waals surface area contributed by atoms with Crippen molar-refractivity contribution >= 4 is 38.9 Å². The fourth-order valence-electron chi connectivity index (χ4n) is 8.48. The van der Waals surface area contributed by atoms with Gasteiger partial charge >= 0.3 is 55.3 Å². The van der Waals surface area contributed by atoms with Crippen molar-refractivity contribution in [2.45, 2.75) is 56.0 Å². The molecule has 0 aliphatic carbocycles. The summed E-state index contributed by atoms with van der Waals surface area (Å²) in [6.07, 6.45) is -54.8. The second-order valence-electron chi connectivity index (χ2n) is 17.0. The molecule has 7 aromatic rings. The molecule has 6 aromatic carbocycles. The molecule has 0 atom stereocenters. The van der Waals surface area contributed by atoms with E-state index in [1.807, 2.05) is 48.5 Å². The lowest BCUT2D eigenvalue weighted by Crippen LogP contribution is -2.75. The number of halogens is 24. The molecule has 0 saturated heterocycles. The molecule has 0 bridgehead atoms. The van der Waals surface area contributed by atoms with Gasteiger partial charge in [0.2, 0.25) is 5.52 Å². The van der Waals surface area contributed by atoms with Crippen LogP contribution in [-0.2, 0) is 56.0 Å². The Morgan fingerprint density at radius 1 is 0.359 bits per heavy atom. The molecule has 0 saturated carbocycles. The van der Waals surface area contributed by atoms with Gasteiger partial charge in [-0.05, 0) is 36.4 Å². The second-order valence-corrected chi connectivity index (χ2v) is 17.0. The van der Waals surface area contributed by atoms with Gasteiger partial charge in [0, 0.05) is 17.0 Å². The number of benzene rings is 6. The van der Waals surface area contributed by atoms with Crippen LogP contribution in [0.15, 0.2) is 140 Å². The van der Waals surface area contributed by atoms with E-state index in [9.17, 15) is 105 Å². The molecule has 7 rings (SSSR count). The molecule has 414 valence electrons. The zero-order valence-corrected chi connectivity index (χ0v) is 38.1. The largest absolute Gasteiger partial charge is 0.429 e. The number of alkyl halides is 24. The maximum atomic E-state index is 14.2. The van der Waals surface area contributed by atoms with Gasteiger partial charge in [0.25, 0.3) is 0 Å². The van der Waals surface area contributed by atoms with Crippen LogP contribution >= 0.6 is 0 Å². The molecule has 0 spiro atoms. The van der Waals surface area contributed by atoms with Crippen molar-refractivity contribution in [3.63, 3.8) is 0 Å². The summed E-state index contributed by atoms with van der Waals surface area (Å²) in [5.41, 5.74) is -27.9. The number of hydrogen-bond donors (Lipinski definition) is 0. The number of rotatable bonds is 8. The van der Waals surface area contributed by atoms with E-state index >= 15 is 0 Å². The van der Waals surface area contributed by atoms with Gasteiger partial charge in [0.1, 0.15) is 12.2 Å². The second kappa shape index (κ2) is 21.0. The summed E-state index contributed by atoms with van der Waals surface area (Å²) < 4.78 is 348. The Kier molecular flexibility index (Phi) is 16.0. The number of aromatic nitrogens is 1. The van der Waals surface area contributed by atoms with E-state index in [2.05, 4.69) is 28.8 Å². The van der Waals surface area contributed by atoms with Crippen LogP contribution in [0.3, 0.4) is 0 Å². The smallest absolute Gasteiger partial charge is 0.416 e. The first-order valence-electron chi connectivity index (χ1n) is 21.5. The summed E-state index contributed by atoms with van der Waals surface area (Å²) in [4.78, 5) is 0. The minimum Gasteiger partial charge on any atom is -0.429 e. The van der Waals surface area contributed by atoms with E-state index in [1.165, 1.54) is 5.56 Å². The number of fused-ring (bicyclic) bond motifs is 1. The van der Waals surface area contributed by atoms with Crippen molar-refractivity contribution in [3.8, 4) is 11.9 Å². The maximum Gasteiger partial charge on any atom is 0.416 e. The van der Waals surface area contributed by atoms with Crippen LogP contribution < -0.4 is 31.2 Å². The van der Waals surface area contributed by atoms with E-state index < -0.39 is 195 Å². The van der Waals surface area contributed by atoms with Crippen LogP contribution in [0.5, 0.6) is 5.88 Å². The van der Waals surface area contributed by atoms with Crippen LogP contribution in [0.2, 0.25) is 0 Å². The Labute approximate surface area is 422 Å². The van der Waals surface area contributed by atoms with Crippen molar-refractivity contribution < 1.29 is 115 Å². The number of para-hydroxylation sites is 1. The Bertz CT molecular complexity index is 2900. The van der Waals surface area contributed by atoms with E-state index in [0.29, 0.717) is 12.4 Å². The summed E-state index contributed by atoms with van der Waals surface area (Å²) in [6.45, 7) is 0.760. The minimum absolute atomic E-state index is 0.0487. The molecule has 0 radical (unpaired) electrons. The molecule has 28 heteroatoms. The number of nitrogens with zero attached hydrogens (tertiary/aromatic N) is 2. The van der Waals surface area contributed by atoms with E-state index in [4.69, 9.17) is 10.00 Å². The van der Waals surface area contributed by atoms with Crippen molar-refractivity contribution in [1.82, 2.24) is 0 Å². The summed E-state index contributed by atoms with van der Waals surface area (Å²) >= 11 is 0. The third-order valence-corrected chi connectivity index (χ3v) is 11.8. The molecule has 3 nitrogen and oxygen atoms in total. The van der Waals surface area contributed by atoms with Crippen LogP contribution in [0.4, 0.5) is 105 Å². The van der Waals surface area contributed by atoms with Gasteiger partial charge in [0.15, 0.2) is 13.2 Å². The molecule has 1 aromatic heterocycles. The first-order chi connectivity index (χ1) is 35.6. The van der Waals surface area contributed by atoms with Gasteiger partial charge in [-0.1, -0.05) is 91.0 Å². The first-order valence-corrected chi connectivity index (χ1v) is 21.5. The quantitative estimate of drug-likeness (QED) is 0.0864. The predicted octanol–water partition coefficient (Wildman–Crippen LogP) is 14.3. The van der Waals surface area contributed by atoms with Crippen molar-refractivity contribution in [2.75, 3.05) is 6.61 Å². The third kappa shape index (κ3) is 13.4. The highest BCUT2D eigenvalue weighted by atomic mass is 19.4. The number of nitriles is 1. The van der Waals surface area contributed by atoms with Crippen LogP contribution in [0.25, 0.3) is 10.9 Å². The lowest BCUT2D eigenvalue weighted by atomic mass is 9.12. The summed E-state index contributed by atoms with van der Waals surface area (Å²) in [5, 5.41) is 9.89. The van der Waals surface area contributed by atoms with Crippen LogP contribution in [-0.4, -0.2) is 12.8 Å². The van der Waals surface area contributed by atoms with Crippen molar-refractivity contribution in [1.29, 1.82) is 5.26 Å². The lowest BCUT2D eigenvalue weighted by molar-refractivity contribution is -0.668. The SMILES string of the molecule is FC(F)(F)c1cc([B-](c2cc(C(F)(F)F)cc(C(F)(F)F)c2)(c2cc(C(F)(F)F)cc(C(F)(F)F)c2)c2cc(C(F)(F)F)cc(C(F)(F)F)c2)cc(C(F)(F)F)c1.N#CCOc1ccc2ccccc2[n+]1Cc1ccccc1. The lowest BCUT2D eigenvalue weighted by Gasteiger charge is -2.46. The molecule has 1 heterocycles. The highest BCUT2D eigenvalue weighted by Crippen LogP contribution is 2.41. The highest BCUT2D eigenvalue weighted by molar-refractivity contribution is 7.20. The maximum absolute atomic E-state index is 14.2. The van der Waals surface area contributed by atoms with Crippen molar-refractivity contribution in [3.05, 3.63) is 190 Å². The Morgan fingerprint density at radius 2 is 0.641 bits per heavy atom. The average Bonchev–Trinajstić information content (AvgIpc) is 3.36. The fraction of sp³-hybridized carbons (Fsp3) is 0.200. The molecular formula is C50H27BF24N2O. The summed E-state index contributed by atoms with van der Waals surface area (Å²) in [6, 6.07) is 15.5. The molecule has 0 N–H and O–H groups in total. The minimum atomic E-state index is -6.13. The standard InChI is InChI=1S/C32H12BF24.C18H15N2O/c34-25(35,36)13-1-14(26(37,38)39)6-21(5-13)33(22-7-15(27(40,41)42)2-16(8-22)28(43,44)45,23-9-17(29(46,47)48)3-18(10-23)30(49,50)51)24-11-19(31(52,53)54)4-20(12-24)32(55,56)57;19-12-13-21-18-11-10-16-8-4-5-9-17(16)20(18)14-15-6-2-1-3-7-15/h1-12H;1-11H,13-14H2/q-1;+1. The monoisotopic (exact) mass is 1140 g/mol. The summed E-state index contributed by atoms with van der Waals surface area (Å²) in [7, 11) is 0. The van der Waals surface area contributed by atoms with Gasteiger partial charge in [-0.2, -0.15) is 137 Å². The Hall–Kier alpha value is -7.60. The van der Waals surface area contributed by atoms with Gasteiger partial charge in [-0.15, -0.1) is 0 Å². The third-order valence-electron chi connectivity index (χ3n) is 11.8. The Morgan fingerprint density at radius 3 is 0.923 bits per heavy atom. The van der Waals surface area contributed by atoms with Gasteiger partial charge in [-0.25, -0.2) is 0 Å². The average molecular weight is 1140 g/mol. The first kappa shape index (κ1) is 59.6. The topological polar surface area (TPSA) is 36.9 Å². The van der Waals surface area contributed by atoms with E-state index in [1.54, 1.807) is 0 Å². The number of ether oxygens (including phenoxy) is 1. The summed E-state index contributed by atoms with van der Waals surface area (Å²) in [5.74, 6) is 0.708. The molecule has 0 fully saturated rings. The van der Waals surface area contributed by atoms with Gasteiger partial charge in [0.05, 0.1) is 50.6 Å². The molecule has 0 unspecified atom stereocenters. The molecular weight excluding hydrogens is 1110 g/mol.